The molecule has 2 aliphatic heterocycles. The molecule has 1 atom stereocenters. The van der Waals surface area contributed by atoms with Gasteiger partial charge in [-0.25, -0.2) is 12.8 Å². The summed E-state index contributed by atoms with van der Waals surface area (Å²) in [6.45, 7) is 5.53. The molecule has 2 saturated heterocycles. The summed E-state index contributed by atoms with van der Waals surface area (Å²) in [5.74, 6) is 0.0411. The fourth-order valence-corrected chi connectivity index (χ4v) is 5.08. The summed E-state index contributed by atoms with van der Waals surface area (Å²) in [6, 6.07) is 3.56. The van der Waals surface area contributed by atoms with Gasteiger partial charge in [0.1, 0.15) is 5.82 Å². The maximum atomic E-state index is 13.3. The van der Waals surface area contributed by atoms with Crippen molar-refractivity contribution in [2.24, 2.45) is 5.92 Å². The molecule has 0 saturated carbocycles. The zero-order chi connectivity index (χ0) is 17.2. The van der Waals surface area contributed by atoms with Crippen molar-refractivity contribution in [3.8, 4) is 0 Å². The van der Waals surface area contributed by atoms with Gasteiger partial charge in [-0.05, 0) is 50.0 Å². The fraction of sp³-hybridized carbons (Fsp3) is 0.625. The lowest BCUT2D eigenvalue weighted by Gasteiger charge is -2.36. The first kappa shape index (κ1) is 20.9. The largest absolute Gasteiger partial charge is 0.316 e. The van der Waals surface area contributed by atoms with Gasteiger partial charge in [0.15, 0.2) is 0 Å². The Kier molecular flexibility index (Phi) is 7.49. The van der Waals surface area contributed by atoms with Gasteiger partial charge in [-0.2, -0.15) is 4.31 Å². The van der Waals surface area contributed by atoms with Crippen molar-refractivity contribution < 1.29 is 12.8 Å². The second-order valence-corrected chi connectivity index (χ2v) is 8.84. The minimum absolute atomic E-state index is 0. The number of nitrogens with one attached hydrogen (secondary N) is 1. The normalized spacial score (nSPS) is 23.2. The number of hydrogen-bond donors (Lipinski definition) is 1. The van der Waals surface area contributed by atoms with Gasteiger partial charge in [-0.15, -0.1) is 12.4 Å². The van der Waals surface area contributed by atoms with Crippen LogP contribution in [0.1, 0.15) is 12.8 Å². The fourth-order valence-electron chi connectivity index (χ4n) is 3.38. The minimum Gasteiger partial charge on any atom is -0.316 e. The third-order valence-corrected chi connectivity index (χ3v) is 6.96. The van der Waals surface area contributed by atoms with Crippen LogP contribution in [0.5, 0.6) is 0 Å². The number of sulfonamides is 1. The molecule has 5 nitrogen and oxygen atoms in total. The van der Waals surface area contributed by atoms with Crippen LogP contribution >= 0.6 is 24.0 Å². The topological polar surface area (TPSA) is 52.7 Å². The molecule has 2 heterocycles. The second-order valence-electron chi connectivity index (χ2n) is 6.49. The Morgan fingerprint density at radius 1 is 1.24 bits per heavy atom. The molecule has 0 bridgehead atoms. The van der Waals surface area contributed by atoms with Crippen molar-refractivity contribution in [1.29, 1.82) is 0 Å². The van der Waals surface area contributed by atoms with Crippen LogP contribution in [0, 0.1) is 11.7 Å². The summed E-state index contributed by atoms with van der Waals surface area (Å²) in [6.07, 6.45) is 2.45. The highest BCUT2D eigenvalue weighted by Gasteiger charge is 2.29. The molecule has 0 aliphatic carbocycles. The van der Waals surface area contributed by atoms with E-state index in [2.05, 4.69) is 10.2 Å². The maximum absolute atomic E-state index is 13.3. The van der Waals surface area contributed by atoms with Crippen LogP contribution in [0.2, 0.25) is 5.02 Å². The van der Waals surface area contributed by atoms with Crippen molar-refractivity contribution in [3.63, 3.8) is 0 Å². The monoisotopic (exact) mass is 411 g/mol. The summed E-state index contributed by atoms with van der Waals surface area (Å²) < 4.78 is 40.0. The van der Waals surface area contributed by atoms with Gasteiger partial charge in [0.2, 0.25) is 10.0 Å². The van der Waals surface area contributed by atoms with Crippen molar-refractivity contribution in [2.75, 3.05) is 45.8 Å². The first-order valence-electron chi connectivity index (χ1n) is 8.35. The van der Waals surface area contributed by atoms with Gasteiger partial charge in [-0.1, -0.05) is 11.6 Å². The lowest BCUT2D eigenvalue weighted by Crippen LogP contribution is -2.50. The molecule has 25 heavy (non-hydrogen) atoms. The van der Waals surface area contributed by atoms with Gasteiger partial charge < -0.3 is 10.2 Å². The van der Waals surface area contributed by atoms with Gasteiger partial charge >= 0.3 is 0 Å². The Morgan fingerprint density at radius 2 is 1.96 bits per heavy atom. The molecule has 142 valence electrons. The zero-order valence-electron chi connectivity index (χ0n) is 14.0. The molecule has 0 radical (unpaired) electrons. The number of piperidine rings is 1. The van der Waals surface area contributed by atoms with E-state index in [1.165, 1.54) is 29.3 Å². The lowest BCUT2D eigenvalue weighted by atomic mass is 9.99. The first-order chi connectivity index (χ1) is 11.5. The zero-order valence-corrected chi connectivity index (χ0v) is 16.3. The highest BCUT2D eigenvalue weighted by Crippen LogP contribution is 2.23. The van der Waals surface area contributed by atoms with Crippen LogP contribution in [-0.4, -0.2) is 63.4 Å². The molecule has 9 heteroatoms. The standard InChI is InChI=1S/C16H23ClFN3O2S.ClH/c17-15-10-14(3-4-16(15)18)24(22,23)21-8-6-20(7-9-21)12-13-2-1-5-19-11-13;/h3-4,10,13,19H,1-2,5-9,11-12H2;1H. The third kappa shape index (κ3) is 5.05. The highest BCUT2D eigenvalue weighted by molar-refractivity contribution is 7.89. The first-order valence-corrected chi connectivity index (χ1v) is 10.2. The molecule has 0 amide bonds. The number of benzene rings is 1. The summed E-state index contributed by atoms with van der Waals surface area (Å²) in [4.78, 5) is 2.39. The Bertz CT molecular complexity index is 676. The summed E-state index contributed by atoms with van der Waals surface area (Å²) >= 11 is 5.72. The molecule has 1 unspecified atom stereocenters. The molecule has 0 spiro atoms. The Labute approximate surface area is 160 Å². The van der Waals surface area contributed by atoms with Crippen LogP contribution in [0.3, 0.4) is 0 Å². The smallest absolute Gasteiger partial charge is 0.243 e. The van der Waals surface area contributed by atoms with Gasteiger partial charge in [0.05, 0.1) is 9.92 Å². The van der Waals surface area contributed by atoms with E-state index in [0.717, 1.165) is 38.8 Å². The maximum Gasteiger partial charge on any atom is 0.243 e. The minimum atomic E-state index is -3.61. The Morgan fingerprint density at radius 3 is 2.56 bits per heavy atom. The molecular formula is C16H24Cl2FN3O2S. The summed E-state index contributed by atoms with van der Waals surface area (Å²) in [7, 11) is -3.61. The van der Waals surface area contributed by atoms with Crippen LogP contribution < -0.4 is 5.32 Å². The van der Waals surface area contributed by atoms with E-state index < -0.39 is 15.8 Å². The van der Waals surface area contributed by atoms with Gasteiger partial charge in [-0.3, -0.25) is 0 Å². The van der Waals surface area contributed by atoms with E-state index in [0.29, 0.717) is 19.0 Å². The van der Waals surface area contributed by atoms with Gasteiger partial charge in [0, 0.05) is 32.7 Å². The SMILES string of the molecule is Cl.O=S(=O)(c1ccc(F)c(Cl)c1)N1CCN(CC2CCCNC2)CC1. The van der Waals surface area contributed by atoms with Crippen molar-refractivity contribution >= 4 is 34.0 Å². The number of hydrogen-bond acceptors (Lipinski definition) is 4. The van der Waals surface area contributed by atoms with E-state index in [4.69, 9.17) is 11.6 Å². The molecule has 1 N–H and O–H groups in total. The molecular weight excluding hydrogens is 388 g/mol. The number of halogens is 3. The molecule has 0 aromatic heterocycles. The van der Waals surface area contributed by atoms with E-state index in [1.807, 2.05) is 0 Å². The van der Waals surface area contributed by atoms with E-state index >= 15 is 0 Å². The quantitative estimate of drug-likeness (QED) is 0.824. The van der Waals surface area contributed by atoms with Crippen molar-refractivity contribution in [3.05, 3.63) is 29.0 Å². The summed E-state index contributed by atoms with van der Waals surface area (Å²) in [5, 5.41) is 3.25. The van der Waals surface area contributed by atoms with Crippen LogP contribution in [0.15, 0.2) is 23.1 Å². The highest BCUT2D eigenvalue weighted by atomic mass is 35.5. The Hall–Kier alpha value is -0.440. The number of rotatable bonds is 4. The third-order valence-electron chi connectivity index (χ3n) is 4.78. The van der Waals surface area contributed by atoms with Crippen LogP contribution in [0.25, 0.3) is 0 Å². The van der Waals surface area contributed by atoms with Gasteiger partial charge in [0.25, 0.3) is 0 Å². The van der Waals surface area contributed by atoms with E-state index in [9.17, 15) is 12.8 Å². The predicted octanol–water partition coefficient (Wildman–Crippen LogP) is 2.21. The predicted molar refractivity (Wildman–Crippen MR) is 99.5 cm³/mol. The van der Waals surface area contributed by atoms with Crippen LogP contribution in [0.4, 0.5) is 4.39 Å². The van der Waals surface area contributed by atoms with Crippen molar-refractivity contribution in [1.82, 2.24) is 14.5 Å². The van der Waals surface area contributed by atoms with E-state index in [-0.39, 0.29) is 22.3 Å². The van der Waals surface area contributed by atoms with Crippen molar-refractivity contribution in [2.45, 2.75) is 17.7 Å². The molecule has 2 fully saturated rings. The lowest BCUT2D eigenvalue weighted by molar-refractivity contribution is 0.154. The number of nitrogens with zero attached hydrogens (tertiary/aromatic N) is 2. The van der Waals surface area contributed by atoms with Crippen LogP contribution in [-0.2, 0) is 10.0 Å². The average molecular weight is 412 g/mol. The molecule has 3 rings (SSSR count). The average Bonchev–Trinajstić information content (AvgIpc) is 2.58. The number of piperazine rings is 1. The Balaban J connectivity index is 0.00000225. The summed E-state index contributed by atoms with van der Waals surface area (Å²) in [5.41, 5.74) is 0. The molecule has 2 aliphatic rings. The molecule has 1 aromatic rings. The molecule has 1 aromatic carbocycles. The van der Waals surface area contributed by atoms with E-state index in [1.54, 1.807) is 0 Å². The second kappa shape index (κ2) is 8.97.